The zero-order chi connectivity index (χ0) is 25.6. The lowest BCUT2D eigenvalue weighted by Gasteiger charge is -2.10. The Morgan fingerprint density at radius 1 is 1.11 bits per heavy atom. The monoisotopic (exact) mass is 507 g/mol. The summed E-state index contributed by atoms with van der Waals surface area (Å²) in [6.45, 7) is 0.0677. The van der Waals surface area contributed by atoms with Crippen molar-refractivity contribution in [2.75, 3.05) is 31.4 Å². The second kappa shape index (κ2) is 10.6. The van der Waals surface area contributed by atoms with Crippen LogP contribution in [0.5, 0.6) is 17.8 Å². The van der Waals surface area contributed by atoms with Gasteiger partial charge in [-0.05, 0) is 24.3 Å². The van der Waals surface area contributed by atoms with E-state index in [1.165, 1.54) is 62.5 Å². The van der Waals surface area contributed by atoms with Crippen LogP contribution in [0, 0.1) is 10.1 Å². The number of rotatable bonds is 11. The lowest BCUT2D eigenvalue weighted by atomic mass is 10.3. The number of aromatic nitrogens is 4. The highest BCUT2D eigenvalue weighted by atomic mass is 32.2. The van der Waals surface area contributed by atoms with Gasteiger partial charge in [0.2, 0.25) is 11.8 Å². The van der Waals surface area contributed by atoms with E-state index in [9.17, 15) is 23.3 Å². The number of aryl methyl sites for hydroxylation is 1. The largest absolute Gasteiger partial charge is 0.481 e. The minimum atomic E-state index is -4.01. The zero-order valence-electron chi connectivity index (χ0n) is 18.8. The predicted molar refractivity (Wildman–Crippen MR) is 121 cm³/mol. The maximum absolute atomic E-state index is 12.7. The highest BCUT2D eigenvalue weighted by Gasteiger charge is 2.21. The number of anilines is 2. The standard InChI is InChI=1S/C19H21N7O8S/c1-32-17-10-15(21-19(22-17)34-3)24-35(30,31)13-6-4-12(5-7-13)20-16(27)8-9-25-11-14(26(28)29)18(23-25)33-2/h4-7,10-11H,8-9H2,1-3H3,(H,20,27)(H,21,22,24). The van der Waals surface area contributed by atoms with E-state index in [2.05, 4.69) is 25.1 Å². The summed E-state index contributed by atoms with van der Waals surface area (Å²) in [5.41, 5.74) is 0.0421. The molecule has 16 heteroatoms. The maximum Gasteiger partial charge on any atom is 0.350 e. The van der Waals surface area contributed by atoms with Gasteiger partial charge in [-0.3, -0.25) is 24.3 Å². The highest BCUT2D eigenvalue weighted by molar-refractivity contribution is 7.92. The molecule has 186 valence electrons. The van der Waals surface area contributed by atoms with Gasteiger partial charge in [0.05, 0.1) is 37.7 Å². The molecule has 0 aliphatic carbocycles. The van der Waals surface area contributed by atoms with Crippen LogP contribution in [0.2, 0.25) is 0 Å². The number of ether oxygens (including phenoxy) is 3. The molecule has 2 N–H and O–H groups in total. The topological polar surface area (TPSA) is 190 Å². The quantitative estimate of drug-likeness (QED) is 0.282. The number of nitro groups is 1. The first-order chi connectivity index (χ1) is 16.6. The number of sulfonamides is 1. The Morgan fingerprint density at radius 2 is 1.83 bits per heavy atom. The highest BCUT2D eigenvalue weighted by Crippen LogP contribution is 2.24. The van der Waals surface area contributed by atoms with Gasteiger partial charge >= 0.3 is 17.6 Å². The van der Waals surface area contributed by atoms with Gasteiger partial charge in [0.15, 0.2) is 5.82 Å². The average molecular weight is 507 g/mol. The number of nitrogens with zero attached hydrogens (tertiary/aromatic N) is 5. The third kappa shape index (κ3) is 6.32. The molecule has 0 aliphatic rings. The molecular formula is C19H21N7O8S. The minimum absolute atomic E-state index is 0.0407. The van der Waals surface area contributed by atoms with Crippen LogP contribution in [-0.4, -0.2) is 60.3 Å². The van der Waals surface area contributed by atoms with Crippen molar-refractivity contribution in [2.45, 2.75) is 17.9 Å². The fourth-order valence-electron chi connectivity index (χ4n) is 2.78. The van der Waals surface area contributed by atoms with Crippen LogP contribution in [-0.2, 0) is 21.4 Å². The molecule has 35 heavy (non-hydrogen) atoms. The average Bonchev–Trinajstić information content (AvgIpc) is 3.26. The first kappa shape index (κ1) is 25.2. The molecule has 3 aromatic rings. The lowest BCUT2D eigenvalue weighted by Crippen LogP contribution is -2.16. The van der Waals surface area contributed by atoms with Gasteiger partial charge in [-0.1, -0.05) is 0 Å². The van der Waals surface area contributed by atoms with E-state index in [1.54, 1.807) is 0 Å². The molecule has 3 rings (SSSR count). The molecule has 2 heterocycles. The van der Waals surface area contributed by atoms with Crippen molar-refractivity contribution in [1.29, 1.82) is 0 Å². The van der Waals surface area contributed by atoms with Crippen LogP contribution in [0.4, 0.5) is 17.2 Å². The van der Waals surface area contributed by atoms with Crippen molar-refractivity contribution in [2.24, 2.45) is 0 Å². The summed E-state index contributed by atoms with van der Waals surface area (Å²) < 4.78 is 43.7. The van der Waals surface area contributed by atoms with Crippen molar-refractivity contribution in [3.8, 4) is 17.8 Å². The first-order valence-corrected chi connectivity index (χ1v) is 11.3. The molecule has 15 nitrogen and oxygen atoms in total. The fourth-order valence-corrected chi connectivity index (χ4v) is 3.78. The summed E-state index contributed by atoms with van der Waals surface area (Å²) in [7, 11) is -0.0587. The van der Waals surface area contributed by atoms with Crippen LogP contribution in [0.15, 0.2) is 41.4 Å². The van der Waals surface area contributed by atoms with Crippen molar-refractivity contribution >= 4 is 33.1 Å². The Morgan fingerprint density at radius 3 is 2.40 bits per heavy atom. The van der Waals surface area contributed by atoms with Crippen molar-refractivity contribution < 1.29 is 32.3 Å². The van der Waals surface area contributed by atoms with Crippen molar-refractivity contribution in [3.63, 3.8) is 0 Å². The molecule has 0 aliphatic heterocycles. The Kier molecular flexibility index (Phi) is 7.65. The number of carbonyl (C=O) groups excluding carboxylic acids is 1. The number of hydrogen-bond donors (Lipinski definition) is 2. The maximum atomic E-state index is 12.7. The van der Waals surface area contributed by atoms with Crippen LogP contribution in [0.1, 0.15) is 6.42 Å². The summed E-state index contributed by atoms with van der Waals surface area (Å²) in [6, 6.07) is 6.64. The van der Waals surface area contributed by atoms with Crippen LogP contribution in [0.3, 0.4) is 0 Å². The number of carbonyl (C=O) groups is 1. The molecule has 2 aromatic heterocycles. The van der Waals surface area contributed by atoms with E-state index in [-0.39, 0.29) is 47.1 Å². The summed E-state index contributed by atoms with van der Waals surface area (Å²) in [6.07, 6.45) is 1.13. The fraction of sp³-hybridized carbons (Fsp3) is 0.263. The van der Waals surface area contributed by atoms with Crippen LogP contribution in [0.25, 0.3) is 0 Å². The molecule has 0 bridgehead atoms. The summed E-state index contributed by atoms with van der Waals surface area (Å²) in [4.78, 5) is 30.3. The number of methoxy groups -OCH3 is 3. The van der Waals surface area contributed by atoms with Gasteiger partial charge < -0.3 is 19.5 Å². The van der Waals surface area contributed by atoms with E-state index >= 15 is 0 Å². The Hall–Kier alpha value is -4.47. The van der Waals surface area contributed by atoms with Crippen LogP contribution >= 0.6 is 0 Å². The minimum Gasteiger partial charge on any atom is -0.481 e. The summed E-state index contributed by atoms with van der Waals surface area (Å²) >= 11 is 0. The molecule has 0 radical (unpaired) electrons. The molecule has 1 amide bonds. The van der Waals surface area contributed by atoms with E-state index in [4.69, 9.17) is 14.2 Å². The normalized spacial score (nSPS) is 10.9. The molecule has 0 fully saturated rings. The van der Waals surface area contributed by atoms with Gasteiger partial charge in [-0.15, -0.1) is 5.10 Å². The molecular weight excluding hydrogens is 486 g/mol. The third-order valence-corrected chi connectivity index (χ3v) is 5.80. The second-order valence-electron chi connectivity index (χ2n) is 6.75. The Labute approximate surface area is 199 Å². The molecule has 1 aromatic carbocycles. The molecule has 0 saturated carbocycles. The number of benzene rings is 1. The predicted octanol–water partition coefficient (Wildman–Crippen LogP) is 1.44. The smallest absolute Gasteiger partial charge is 0.350 e. The van der Waals surface area contributed by atoms with Gasteiger partial charge in [0.25, 0.3) is 10.0 Å². The zero-order valence-corrected chi connectivity index (χ0v) is 19.6. The lowest BCUT2D eigenvalue weighted by molar-refractivity contribution is -0.385. The van der Waals surface area contributed by atoms with Crippen molar-refractivity contribution in [1.82, 2.24) is 19.7 Å². The molecule has 0 atom stereocenters. The first-order valence-electron chi connectivity index (χ1n) is 9.80. The van der Waals surface area contributed by atoms with Gasteiger partial charge in [0.1, 0.15) is 6.20 Å². The summed E-state index contributed by atoms with van der Waals surface area (Å²) in [5, 5.41) is 17.5. The summed E-state index contributed by atoms with van der Waals surface area (Å²) in [5.74, 6) is -0.506. The van der Waals surface area contributed by atoms with Gasteiger partial charge in [-0.2, -0.15) is 9.97 Å². The Bertz CT molecular complexity index is 1300. The van der Waals surface area contributed by atoms with Gasteiger partial charge in [-0.25, -0.2) is 8.42 Å². The Balaban J connectivity index is 1.62. The SMILES string of the molecule is COc1cc(NS(=O)(=O)c2ccc(NC(=O)CCn3cc([N+](=O)[O-])c(OC)n3)cc2)nc(OC)n1. The third-order valence-electron chi connectivity index (χ3n) is 4.43. The molecule has 0 unspecified atom stereocenters. The van der Waals surface area contributed by atoms with Crippen LogP contribution < -0.4 is 24.2 Å². The number of nitrogens with one attached hydrogen (secondary N) is 2. The van der Waals surface area contributed by atoms with Gasteiger partial charge in [0, 0.05) is 18.2 Å². The van der Waals surface area contributed by atoms with E-state index in [1.807, 2.05) is 0 Å². The molecule has 0 spiro atoms. The number of amides is 1. The second-order valence-corrected chi connectivity index (χ2v) is 8.44. The number of hydrogen-bond acceptors (Lipinski definition) is 11. The van der Waals surface area contributed by atoms with E-state index < -0.39 is 20.9 Å². The van der Waals surface area contributed by atoms with Crippen molar-refractivity contribution in [3.05, 3.63) is 46.6 Å². The van der Waals surface area contributed by atoms with E-state index in [0.29, 0.717) is 5.69 Å². The van der Waals surface area contributed by atoms with E-state index in [0.717, 1.165) is 0 Å². The molecule has 0 saturated heterocycles.